The Hall–Kier alpha value is -1.20. The highest BCUT2D eigenvalue weighted by Crippen LogP contribution is 2.26. The van der Waals surface area contributed by atoms with Gasteiger partial charge < -0.3 is 5.32 Å². The van der Waals surface area contributed by atoms with Gasteiger partial charge in [0, 0.05) is 24.7 Å². The third-order valence-electron chi connectivity index (χ3n) is 2.40. The van der Waals surface area contributed by atoms with Gasteiger partial charge in [0.1, 0.15) is 5.01 Å². The number of fused-ring (bicyclic) bond motifs is 1. The first-order chi connectivity index (χ1) is 6.95. The standard InChI is InChI=1S/C9H10N4S/c1-3-13-8(6-10-1)7(5-12-13)9-11-2-4-14-9/h2,4-5,10H,1,3,6H2. The highest BCUT2D eigenvalue weighted by atomic mass is 32.1. The van der Waals surface area contributed by atoms with Crippen molar-refractivity contribution in [3.05, 3.63) is 23.5 Å². The van der Waals surface area contributed by atoms with E-state index >= 15 is 0 Å². The maximum absolute atomic E-state index is 4.36. The molecule has 3 rings (SSSR count). The van der Waals surface area contributed by atoms with Crippen LogP contribution in [0.4, 0.5) is 0 Å². The van der Waals surface area contributed by atoms with E-state index in [2.05, 4.69) is 20.1 Å². The summed E-state index contributed by atoms with van der Waals surface area (Å²) < 4.78 is 2.06. The molecule has 1 aliphatic rings. The van der Waals surface area contributed by atoms with E-state index in [-0.39, 0.29) is 0 Å². The van der Waals surface area contributed by atoms with Crippen molar-refractivity contribution in [1.82, 2.24) is 20.1 Å². The van der Waals surface area contributed by atoms with Crippen LogP contribution in [0.3, 0.4) is 0 Å². The monoisotopic (exact) mass is 206 g/mol. The molecule has 0 aromatic carbocycles. The molecule has 0 unspecified atom stereocenters. The molecule has 0 aliphatic carbocycles. The quantitative estimate of drug-likeness (QED) is 0.760. The van der Waals surface area contributed by atoms with Crippen molar-refractivity contribution >= 4 is 11.3 Å². The second-order valence-electron chi connectivity index (χ2n) is 3.24. The van der Waals surface area contributed by atoms with Crippen LogP contribution in [0.25, 0.3) is 10.6 Å². The molecule has 0 fully saturated rings. The normalized spacial score (nSPS) is 15.4. The predicted molar refractivity (Wildman–Crippen MR) is 55.0 cm³/mol. The van der Waals surface area contributed by atoms with E-state index in [9.17, 15) is 0 Å². The molecule has 0 spiro atoms. The second kappa shape index (κ2) is 3.18. The van der Waals surface area contributed by atoms with Gasteiger partial charge in [-0.2, -0.15) is 5.10 Å². The molecule has 72 valence electrons. The predicted octanol–water partition coefficient (Wildman–Crippen LogP) is 1.11. The summed E-state index contributed by atoms with van der Waals surface area (Å²) in [5.41, 5.74) is 2.43. The van der Waals surface area contributed by atoms with Crippen molar-refractivity contribution in [3.8, 4) is 10.6 Å². The molecule has 0 atom stereocenters. The van der Waals surface area contributed by atoms with Gasteiger partial charge in [-0.25, -0.2) is 4.98 Å². The number of thiazole rings is 1. The number of aromatic nitrogens is 3. The maximum atomic E-state index is 4.36. The third-order valence-corrected chi connectivity index (χ3v) is 3.21. The molecule has 2 aromatic rings. The summed E-state index contributed by atoms with van der Waals surface area (Å²) in [6.07, 6.45) is 3.75. The van der Waals surface area contributed by atoms with Gasteiger partial charge in [0.05, 0.1) is 24.0 Å². The smallest absolute Gasteiger partial charge is 0.126 e. The number of nitrogens with one attached hydrogen (secondary N) is 1. The van der Waals surface area contributed by atoms with Crippen LogP contribution in [-0.4, -0.2) is 21.3 Å². The van der Waals surface area contributed by atoms with Crippen LogP contribution >= 0.6 is 11.3 Å². The molecular formula is C9H10N4S. The first-order valence-corrected chi connectivity index (χ1v) is 5.48. The summed E-state index contributed by atoms with van der Waals surface area (Å²) in [7, 11) is 0. The molecule has 14 heavy (non-hydrogen) atoms. The summed E-state index contributed by atoms with van der Waals surface area (Å²) in [5.74, 6) is 0. The molecule has 5 heteroatoms. The molecule has 1 aliphatic heterocycles. The number of nitrogens with zero attached hydrogens (tertiary/aromatic N) is 3. The third kappa shape index (κ3) is 1.17. The average Bonchev–Trinajstić information content (AvgIpc) is 2.85. The van der Waals surface area contributed by atoms with Crippen LogP contribution < -0.4 is 5.32 Å². The first-order valence-electron chi connectivity index (χ1n) is 4.60. The molecule has 2 aromatic heterocycles. The van der Waals surface area contributed by atoms with Gasteiger partial charge in [0.2, 0.25) is 0 Å². The minimum atomic E-state index is 0.898. The van der Waals surface area contributed by atoms with Gasteiger partial charge in [0.15, 0.2) is 0 Å². The molecule has 0 saturated carbocycles. The van der Waals surface area contributed by atoms with Crippen molar-refractivity contribution in [1.29, 1.82) is 0 Å². The van der Waals surface area contributed by atoms with E-state index in [4.69, 9.17) is 0 Å². The van der Waals surface area contributed by atoms with Gasteiger partial charge in [-0.1, -0.05) is 0 Å². The van der Waals surface area contributed by atoms with E-state index in [1.54, 1.807) is 11.3 Å². The fraction of sp³-hybridized carbons (Fsp3) is 0.333. The van der Waals surface area contributed by atoms with Crippen LogP contribution in [0.1, 0.15) is 5.69 Å². The Morgan fingerprint density at radius 1 is 1.50 bits per heavy atom. The van der Waals surface area contributed by atoms with E-state index in [0.29, 0.717) is 0 Å². The largest absolute Gasteiger partial charge is 0.309 e. The van der Waals surface area contributed by atoms with E-state index < -0.39 is 0 Å². The lowest BCUT2D eigenvalue weighted by atomic mass is 10.2. The average molecular weight is 206 g/mol. The summed E-state index contributed by atoms with van der Waals surface area (Å²) in [6, 6.07) is 0. The molecule has 0 saturated heterocycles. The Balaban J connectivity index is 2.11. The highest BCUT2D eigenvalue weighted by Gasteiger charge is 2.16. The molecule has 0 radical (unpaired) electrons. The van der Waals surface area contributed by atoms with Gasteiger partial charge in [-0.3, -0.25) is 4.68 Å². The molecule has 0 amide bonds. The Morgan fingerprint density at radius 3 is 3.36 bits per heavy atom. The SMILES string of the molecule is c1csc(-c2cnn3c2CNCC3)n1. The lowest BCUT2D eigenvalue weighted by Crippen LogP contribution is -2.28. The minimum Gasteiger partial charge on any atom is -0.309 e. The number of hydrogen-bond acceptors (Lipinski definition) is 4. The Morgan fingerprint density at radius 2 is 2.50 bits per heavy atom. The zero-order valence-corrected chi connectivity index (χ0v) is 8.42. The maximum Gasteiger partial charge on any atom is 0.126 e. The summed E-state index contributed by atoms with van der Waals surface area (Å²) in [4.78, 5) is 4.30. The van der Waals surface area contributed by atoms with Crippen LogP contribution in [0, 0.1) is 0 Å². The zero-order valence-electron chi connectivity index (χ0n) is 7.60. The molecule has 4 nitrogen and oxygen atoms in total. The van der Waals surface area contributed by atoms with Crippen LogP contribution in [0.15, 0.2) is 17.8 Å². The van der Waals surface area contributed by atoms with Crippen molar-refractivity contribution in [2.45, 2.75) is 13.1 Å². The lowest BCUT2D eigenvalue weighted by molar-refractivity contribution is 0.476. The van der Waals surface area contributed by atoms with Crippen molar-refractivity contribution in [2.75, 3.05) is 6.54 Å². The van der Waals surface area contributed by atoms with Gasteiger partial charge in [-0.05, 0) is 0 Å². The summed E-state index contributed by atoms with van der Waals surface area (Å²) in [6.45, 7) is 2.86. The number of hydrogen-bond donors (Lipinski definition) is 1. The topological polar surface area (TPSA) is 42.7 Å². The second-order valence-corrected chi connectivity index (χ2v) is 4.14. The molecule has 1 N–H and O–H groups in total. The Bertz CT molecular complexity index is 432. The van der Waals surface area contributed by atoms with E-state index in [1.165, 1.54) is 11.3 Å². The Labute approximate surface area is 85.6 Å². The first kappa shape index (κ1) is 8.14. The fourth-order valence-corrected chi connectivity index (χ4v) is 2.39. The van der Waals surface area contributed by atoms with Gasteiger partial charge in [-0.15, -0.1) is 11.3 Å². The fourth-order valence-electron chi connectivity index (χ4n) is 1.72. The molecular weight excluding hydrogens is 196 g/mol. The van der Waals surface area contributed by atoms with E-state index in [1.807, 2.05) is 17.8 Å². The Kier molecular flexibility index (Phi) is 1.85. The lowest BCUT2D eigenvalue weighted by Gasteiger charge is -2.15. The van der Waals surface area contributed by atoms with Crippen molar-refractivity contribution in [3.63, 3.8) is 0 Å². The van der Waals surface area contributed by atoms with Crippen molar-refractivity contribution < 1.29 is 0 Å². The van der Waals surface area contributed by atoms with Crippen LogP contribution in [0.2, 0.25) is 0 Å². The van der Waals surface area contributed by atoms with Crippen molar-refractivity contribution in [2.24, 2.45) is 0 Å². The molecule has 3 heterocycles. The highest BCUT2D eigenvalue weighted by molar-refractivity contribution is 7.13. The van der Waals surface area contributed by atoms with Crippen LogP contribution in [-0.2, 0) is 13.1 Å². The summed E-state index contributed by atoms with van der Waals surface area (Å²) in [5, 5.41) is 10.8. The number of rotatable bonds is 1. The van der Waals surface area contributed by atoms with Gasteiger partial charge in [0.25, 0.3) is 0 Å². The van der Waals surface area contributed by atoms with Gasteiger partial charge >= 0.3 is 0 Å². The summed E-state index contributed by atoms with van der Waals surface area (Å²) >= 11 is 1.66. The van der Waals surface area contributed by atoms with E-state index in [0.717, 1.165) is 24.6 Å². The minimum absolute atomic E-state index is 0.898. The zero-order chi connectivity index (χ0) is 9.38. The molecule has 0 bridgehead atoms. The van der Waals surface area contributed by atoms with Crippen LogP contribution in [0.5, 0.6) is 0 Å².